The second-order valence-electron chi connectivity index (χ2n) is 7.01. The Bertz CT molecular complexity index is 1130. The van der Waals surface area contributed by atoms with E-state index < -0.39 is 28.5 Å². The molecule has 1 N–H and O–H groups in total. The van der Waals surface area contributed by atoms with Crippen LogP contribution >= 0.6 is 11.6 Å². The Morgan fingerprint density at radius 1 is 0.933 bits per heavy atom. The second-order valence-corrected chi connectivity index (χ2v) is 7.61. The quantitative estimate of drug-likeness (QED) is 0.373. The molecule has 0 fully saturated rings. The van der Waals surface area contributed by atoms with E-state index in [2.05, 4.69) is 0 Å². The van der Waals surface area contributed by atoms with Crippen LogP contribution in [-0.4, -0.2) is 27.5 Å². The Hall–Kier alpha value is -3.44. The number of para-hydroxylation sites is 1. The smallest absolute Gasteiger partial charge is 0.307 e. The SMILES string of the molecule is O=C(O)Cc1cccc2c1OC(c1ccccc1)C(Cl)(C(=O)c1ccccc1)C2=O. The fourth-order valence-corrected chi connectivity index (χ4v) is 4.05. The summed E-state index contributed by atoms with van der Waals surface area (Å²) in [5.41, 5.74) is 1.27. The van der Waals surface area contributed by atoms with Gasteiger partial charge in [-0.05, 0) is 11.6 Å². The maximum Gasteiger partial charge on any atom is 0.307 e. The number of aliphatic carboxylic acids is 1. The number of carbonyl (C=O) groups is 3. The minimum Gasteiger partial charge on any atom is -0.482 e. The summed E-state index contributed by atoms with van der Waals surface area (Å²) in [6, 6.07) is 21.7. The Kier molecular flexibility index (Phi) is 5.14. The number of benzene rings is 3. The standard InChI is InChI=1S/C24H17ClO5/c25-24(21(28)15-8-3-1-4-9-15)22(29)18-13-7-12-17(14-19(26)27)20(18)30-23(24)16-10-5-2-6-11-16/h1-13,23H,14H2,(H,26,27). The molecule has 2 atom stereocenters. The Morgan fingerprint density at radius 3 is 2.20 bits per heavy atom. The van der Waals surface area contributed by atoms with Crippen LogP contribution in [-0.2, 0) is 11.2 Å². The molecular weight excluding hydrogens is 404 g/mol. The van der Waals surface area contributed by atoms with Crippen molar-refractivity contribution in [2.75, 3.05) is 0 Å². The van der Waals surface area contributed by atoms with E-state index in [-0.39, 0.29) is 23.3 Å². The fraction of sp³-hybridized carbons (Fsp3) is 0.125. The van der Waals surface area contributed by atoms with E-state index in [0.29, 0.717) is 11.1 Å². The van der Waals surface area contributed by atoms with Crippen LogP contribution in [0.2, 0.25) is 0 Å². The molecule has 150 valence electrons. The lowest BCUT2D eigenvalue weighted by Crippen LogP contribution is -2.51. The molecule has 0 spiro atoms. The third-order valence-electron chi connectivity index (χ3n) is 5.08. The van der Waals surface area contributed by atoms with Crippen LogP contribution < -0.4 is 4.74 Å². The molecule has 0 bridgehead atoms. The highest BCUT2D eigenvalue weighted by Gasteiger charge is 2.57. The first-order valence-corrected chi connectivity index (χ1v) is 9.69. The van der Waals surface area contributed by atoms with E-state index in [9.17, 15) is 19.5 Å². The van der Waals surface area contributed by atoms with Crippen molar-refractivity contribution in [1.82, 2.24) is 0 Å². The van der Waals surface area contributed by atoms with Gasteiger partial charge in [-0.2, -0.15) is 0 Å². The predicted octanol–water partition coefficient (Wildman–Crippen LogP) is 4.49. The molecule has 0 amide bonds. The molecule has 4 rings (SSSR count). The van der Waals surface area contributed by atoms with Crippen molar-refractivity contribution in [2.45, 2.75) is 17.4 Å². The highest BCUT2D eigenvalue weighted by Crippen LogP contribution is 2.48. The third-order valence-corrected chi connectivity index (χ3v) is 5.62. The molecule has 0 radical (unpaired) electrons. The van der Waals surface area contributed by atoms with Crippen LogP contribution in [0.25, 0.3) is 0 Å². The van der Waals surface area contributed by atoms with Gasteiger partial charge in [0.15, 0.2) is 17.7 Å². The first kappa shape index (κ1) is 19.9. The molecule has 30 heavy (non-hydrogen) atoms. The minimum atomic E-state index is -2.03. The van der Waals surface area contributed by atoms with Gasteiger partial charge < -0.3 is 9.84 Å². The zero-order valence-electron chi connectivity index (χ0n) is 15.7. The maximum absolute atomic E-state index is 13.6. The zero-order valence-corrected chi connectivity index (χ0v) is 16.5. The number of fused-ring (bicyclic) bond motifs is 1. The summed E-state index contributed by atoms with van der Waals surface area (Å²) in [6.07, 6.45) is -1.44. The van der Waals surface area contributed by atoms with Gasteiger partial charge in [0.1, 0.15) is 5.75 Å². The summed E-state index contributed by atoms with van der Waals surface area (Å²) >= 11 is 6.86. The number of rotatable bonds is 5. The monoisotopic (exact) mass is 420 g/mol. The lowest BCUT2D eigenvalue weighted by atomic mass is 9.79. The van der Waals surface area contributed by atoms with E-state index in [1.54, 1.807) is 72.8 Å². The molecule has 3 aromatic carbocycles. The van der Waals surface area contributed by atoms with E-state index in [0.717, 1.165) is 0 Å². The number of hydrogen-bond acceptors (Lipinski definition) is 4. The van der Waals surface area contributed by atoms with Crippen LogP contribution in [0.15, 0.2) is 78.9 Å². The molecule has 5 nitrogen and oxygen atoms in total. The molecule has 1 aliphatic rings. The average Bonchev–Trinajstić information content (AvgIpc) is 2.77. The molecule has 0 aliphatic carbocycles. The number of carboxylic acids is 1. The molecule has 3 aromatic rings. The van der Waals surface area contributed by atoms with Gasteiger partial charge >= 0.3 is 5.97 Å². The van der Waals surface area contributed by atoms with Crippen molar-refractivity contribution >= 4 is 29.1 Å². The van der Waals surface area contributed by atoms with Gasteiger partial charge in [0.25, 0.3) is 0 Å². The van der Waals surface area contributed by atoms with Crippen molar-refractivity contribution < 1.29 is 24.2 Å². The average molecular weight is 421 g/mol. The summed E-state index contributed by atoms with van der Waals surface area (Å²) in [4.78, 5) is 36.3. The van der Waals surface area contributed by atoms with Gasteiger partial charge in [-0.15, -0.1) is 0 Å². The van der Waals surface area contributed by atoms with Gasteiger partial charge in [-0.25, -0.2) is 0 Å². The number of carbonyl (C=O) groups excluding carboxylic acids is 2. The maximum atomic E-state index is 13.6. The zero-order chi connectivity index (χ0) is 21.3. The summed E-state index contributed by atoms with van der Waals surface area (Å²) < 4.78 is 6.14. The number of hydrogen-bond donors (Lipinski definition) is 1. The Morgan fingerprint density at radius 2 is 1.57 bits per heavy atom. The highest BCUT2D eigenvalue weighted by atomic mass is 35.5. The summed E-state index contributed by atoms with van der Waals surface area (Å²) in [5.74, 6) is -2.09. The number of Topliss-reactive ketones (excluding diaryl/α,β-unsaturated/α-hetero) is 2. The summed E-state index contributed by atoms with van der Waals surface area (Å²) in [7, 11) is 0. The van der Waals surface area contributed by atoms with E-state index >= 15 is 0 Å². The first-order valence-electron chi connectivity index (χ1n) is 9.31. The number of alkyl halides is 1. The van der Waals surface area contributed by atoms with Gasteiger partial charge in [-0.3, -0.25) is 14.4 Å². The van der Waals surface area contributed by atoms with Gasteiger partial charge in [0.2, 0.25) is 4.87 Å². The van der Waals surface area contributed by atoms with E-state index in [4.69, 9.17) is 16.3 Å². The van der Waals surface area contributed by atoms with Crippen molar-refractivity contribution in [3.05, 3.63) is 101 Å². The minimum absolute atomic E-state index is 0.0974. The number of halogens is 1. The number of ketones is 2. The van der Waals surface area contributed by atoms with Crippen molar-refractivity contribution in [3.8, 4) is 5.75 Å². The highest BCUT2D eigenvalue weighted by molar-refractivity contribution is 6.52. The van der Waals surface area contributed by atoms with Crippen LogP contribution in [0.4, 0.5) is 0 Å². The normalized spacial score (nSPS) is 20.2. The van der Waals surface area contributed by atoms with Crippen molar-refractivity contribution in [3.63, 3.8) is 0 Å². The molecule has 0 aromatic heterocycles. The van der Waals surface area contributed by atoms with E-state index in [1.807, 2.05) is 0 Å². The molecular formula is C24H17ClO5. The van der Waals surface area contributed by atoms with Crippen molar-refractivity contribution in [1.29, 1.82) is 0 Å². The second kappa shape index (κ2) is 7.76. The van der Waals surface area contributed by atoms with Crippen molar-refractivity contribution in [2.24, 2.45) is 0 Å². The molecule has 6 heteroatoms. The van der Waals surface area contributed by atoms with Crippen LogP contribution in [0.3, 0.4) is 0 Å². The summed E-state index contributed by atoms with van der Waals surface area (Å²) in [5, 5.41) is 9.24. The molecule has 1 aliphatic heterocycles. The lowest BCUT2D eigenvalue weighted by molar-refractivity contribution is -0.136. The van der Waals surface area contributed by atoms with Crippen LogP contribution in [0.5, 0.6) is 5.75 Å². The predicted molar refractivity (Wildman–Crippen MR) is 111 cm³/mol. The van der Waals surface area contributed by atoms with Crippen LogP contribution in [0.1, 0.15) is 37.9 Å². The largest absolute Gasteiger partial charge is 0.482 e. The van der Waals surface area contributed by atoms with Gasteiger partial charge in [0.05, 0.1) is 12.0 Å². The fourth-order valence-electron chi connectivity index (χ4n) is 3.67. The Labute approximate surface area is 177 Å². The Balaban J connectivity index is 1.91. The van der Waals surface area contributed by atoms with E-state index in [1.165, 1.54) is 6.07 Å². The molecule has 2 unspecified atom stereocenters. The number of carboxylic acid groups (broad SMARTS) is 1. The van der Waals surface area contributed by atoms with Gasteiger partial charge in [-0.1, -0.05) is 84.4 Å². The molecule has 1 heterocycles. The topological polar surface area (TPSA) is 80.7 Å². The van der Waals surface area contributed by atoms with Gasteiger partial charge in [0, 0.05) is 11.1 Å². The molecule has 0 saturated heterocycles. The molecule has 0 saturated carbocycles. The lowest BCUT2D eigenvalue weighted by Gasteiger charge is -2.38. The third kappa shape index (κ3) is 3.27. The first-order chi connectivity index (χ1) is 14.4. The summed E-state index contributed by atoms with van der Waals surface area (Å²) in [6.45, 7) is 0. The van der Waals surface area contributed by atoms with Crippen LogP contribution in [0, 0.1) is 0 Å². The number of ether oxygens (including phenoxy) is 1.